The van der Waals surface area contributed by atoms with E-state index in [2.05, 4.69) is 52.5 Å². The first-order valence-electron chi connectivity index (χ1n) is 11.5. The molecule has 5 rings (SSSR count). The average molecular weight is 434 g/mol. The zero-order valence-electron chi connectivity index (χ0n) is 18.4. The molecule has 2 aliphatic carbocycles. The summed E-state index contributed by atoms with van der Waals surface area (Å²) in [5, 5.41) is 4.90. The lowest BCUT2D eigenvalue weighted by Gasteiger charge is -2.29. The molecule has 3 aromatic rings. The van der Waals surface area contributed by atoms with Gasteiger partial charge in [0.1, 0.15) is 11.6 Å². The van der Waals surface area contributed by atoms with Crippen molar-refractivity contribution in [3.8, 4) is 16.2 Å². The Morgan fingerprint density at radius 3 is 2.55 bits per heavy atom. The Balaban J connectivity index is 1.15. The van der Waals surface area contributed by atoms with Crippen molar-refractivity contribution < 1.29 is 4.74 Å². The van der Waals surface area contributed by atoms with E-state index in [-0.39, 0.29) is 0 Å². The summed E-state index contributed by atoms with van der Waals surface area (Å²) in [4.78, 5) is 10.4. The van der Waals surface area contributed by atoms with Crippen molar-refractivity contribution in [2.24, 2.45) is 5.92 Å². The van der Waals surface area contributed by atoms with Crippen LogP contribution in [0.5, 0.6) is 5.75 Å². The van der Waals surface area contributed by atoms with Crippen molar-refractivity contribution in [2.45, 2.75) is 57.3 Å². The van der Waals surface area contributed by atoms with Crippen LogP contribution < -0.4 is 10.1 Å². The van der Waals surface area contributed by atoms with Crippen molar-refractivity contribution in [1.82, 2.24) is 9.97 Å². The molecule has 162 valence electrons. The van der Waals surface area contributed by atoms with Crippen molar-refractivity contribution in [2.75, 3.05) is 19.0 Å². The normalized spacial score (nSPS) is 21.1. The second-order valence-corrected chi connectivity index (χ2v) is 10.2. The van der Waals surface area contributed by atoms with E-state index < -0.39 is 0 Å². The van der Waals surface area contributed by atoms with Crippen molar-refractivity contribution in [3.63, 3.8) is 0 Å². The molecule has 1 N–H and O–H groups in total. The number of thiazole rings is 1. The number of aromatic nitrogens is 2. The maximum absolute atomic E-state index is 5.41. The second kappa shape index (κ2) is 8.99. The third-order valence-electron chi connectivity index (χ3n) is 6.80. The number of methoxy groups -OCH3 is 1. The number of rotatable bonds is 7. The predicted octanol–water partition coefficient (Wildman–Crippen LogP) is 6.79. The number of pyridine rings is 1. The molecule has 2 heterocycles. The molecule has 0 unspecified atom stereocenters. The zero-order valence-corrected chi connectivity index (χ0v) is 19.3. The minimum Gasteiger partial charge on any atom is -0.496 e. The van der Waals surface area contributed by atoms with E-state index in [1.54, 1.807) is 7.11 Å². The van der Waals surface area contributed by atoms with Gasteiger partial charge in [-0.1, -0.05) is 12.1 Å². The Kier molecular flexibility index (Phi) is 5.95. The maximum atomic E-state index is 5.41. The summed E-state index contributed by atoms with van der Waals surface area (Å²) < 4.78 is 5.41. The van der Waals surface area contributed by atoms with E-state index in [4.69, 9.17) is 4.74 Å². The summed E-state index contributed by atoms with van der Waals surface area (Å²) in [6, 6.07) is 10.9. The van der Waals surface area contributed by atoms with Crippen LogP contribution in [-0.4, -0.2) is 23.6 Å². The molecule has 1 aromatic carbocycles. The number of hydrogen-bond donors (Lipinski definition) is 1. The number of nitrogens with one attached hydrogen (secondary N) is 1. The Bertz CT molecular complexity index is 1030. The highest BCUT2D eigenvalue weighted by Gasteiger charge is 2.27. The number of ether oxygens (including phenoxy) is 1. The molecule has 0 atom stereocenters. The topological polar surface area (TPSA) is 47.0 Å². The summed E-state index contributed by atoms with van der Waals surface area (Å²) >= 11 is 1.84. The van der Waals surface area contributed by atoms with Crippen LogP contribution in [-0.2, 0) is 0 Å². The quantitative estimate of drug-likeness (QED) is 0.446. The Morgan fingerprint density at radius 1 is 1.00 bits per heavy atom. The van der Waals surface area contributed by atoms with E-state index in [0.29, 0.717) is 11.8 Å². The molecule has 5 heteroatoms. The molecule has 31 heavy (non-hydrogen) atoms. The minimum absolute atomic E-state index is 0.675. The zero-order chi connectivity index (χ0) is 21.2. The molecule has 0 aliphatic heterocycles. The van der Waals surface area contributed by atoms with Gasteiger partial charge < -0.3 is 10.1 Å². The van der Waals surface area contributed by atoms with Gasteiger partial charge in [0.15, 0.2) is 0 Å². The van der Waals surface area contributed by atoms with Crippen molar-refractivity contribution >= 4 is 17.2 Å². The fourth-order valence-corrected chi connectivity index (χ4v) is 5.81. The lowest BCUT2D eigenvalue weighted by molar-refractivity contribution is 0.338. The summed E-state index contributed by atoms with van der Waals surface area (Å²) in [5.74, 6) is 4.07. The van der Waals surface area contributed by atoms with Gasteiger partial charge in [0.25, 0.3) is 0 Å². The van der Waals surface area contributed by atoms with Crippen LogP contribution in [0, 0.1) is 12.8 Å². The van der Waals surface area contributed by atoms with Gasteiger partial charge >= 0.3 is 0 Å². The lowest BCUT2D eigenvalue weighted by Crippen LogP contribution is -2.21. The second-order valence-electron chi connectivity index (χ2n) is 9.09. The van der Waals surface area contributed by atoms with E-state index in [1.807, 2.05) is 23.7 Å². The number of nitrogens with zero attached hydrogens (tertiary/aromatic N) is 2. The monoisotopic (exact) mass is 433 g/mol. The highest BCUT2D eigenvalue weighted by molar-refractivity contribution is 7.15. The van der Waals surface area contributed by atoms with Gasteiger partial charge in [0.2, 0.25) is 0 Å². The van der Waals surface area contributed by atoms with Gasteiger partial charge in [0.05, 0.1) is 17.0 Å². The molecule has 0 spiro atoms. The fraction of sp³-hybridized carbons (Fsp3) is 0.462. The third-order valence-corrected chi connectivity index (χ3v) is 8.01. The van der Waals surface area contributed by atoms with E-state index in [9.17, 15) is 0 Å². The summed E-state index contributed by atoms with van der Waals surface area (Å²) in [6.07, 6.45) is 11.6. The first-order chi connectivity index (χ1) is 15.2. The van der Waals surface area contributed by atoms with Crippen LogP contribution in [0.25, 0.3) is 10.4 Å². The van der Waals surface area contributed by atoms with Gasteiger partial charge in [-0.25, -0.2) is 9.97 Å². The van der Waals surface area contributed by atoms with Crippen molar-refractivity contribution in [3.05, 3.63) is 58.9 Å². The number of benzene rings is 1. The molecule has 2 aromatic heterocycles. The highest BCUT2D eigenvalue weighted by Crippen LogP contribution is 2.43. The molecule has 2 aliphatic rings. The summed E-state index contributed by atoms with van der Waals surface area (Å²) in [7, 11) is 1.74. The Labute approximate surface area is 189 Å². The van der Waals surface area contributed by atoms with Crippen LogP contribution in [0.3, 0.4) is 0 Å². The molecule has 2 saturated carbocycles. The summed E-state index contributed by atoms with van der Waals surface area (Å²) in [6.45, 7) is 3.14. The average Bonchev–Trinajstić information content (AvgIpc) is 3.54. The lowest BCUT2D eigenvalue weighted by atomic mass is 9.78. The predicted molar refractivity (Wildman–Crippen MR) is 128 cm³/mol. The van der Waals surface area contributed by atoms with Gasteiger partial charge in [-0.2, -0.15) is 0 Å². The Hall–Kier alpha value is -2.40. The number of aryl methyl sites for hydroxylation is 1. The van der Waals surface area contributed by atoms with E-state index >= 15 is 0 Å². The van der Waals surface area contributed by atoms with Crippen LogP contribution in [0.4, 0.5) is 5.82 Å². The minimum atomic E-state index is 0.675. The third kappa shape index (κ3) is 4.77. The highest BCUT2D eigenvalue weighted by atomic mass is 32.1. The molecule has 0 amide bonds. The first kappa shape index (κ1) is 20.5. The SMILES string of the molecule is COc1ccc([C@H]2CC[C@H](CNc3cc(-c4cnc(C5CC5)s4)ccn3)CC2)cc1C. The maximum Gasteiger partial charge on any atom is 0.126 e. The first-order valence-corrected chi connectivity index (χ1v) is 12.3. The molecule has 0 saturated heterocycles. The standard InChI is InChI=1S/C26H31N3OS/c1-17-13-21(9-10-23(17)30-2)19-5-3-18(4-6-19)15-28-25-14-22(11-12-27-25)24-16-29-26(31-24)20-7-8-20/h9-14,16,18-20H,3-8,15H2,1-2H3,(H,27,28)/t18-,19-. The van der Waals surface area contributed by atoms with Gasteiger partial charge in [-0.05, 0) is 92.2 Å². The largest absolute Gasteiger partial charge is 0.496 e. The number of anilines is 1. The van der Waals surface area contributed by atoms with E-state index in [1.165, 1.54) is 65.1 Å². The van der Waals surface area contributed by atoms with Gasteiger partial charge in [-0.15, -0.1) is 11.3 Å². The smallest absolute Gasteiger partial charge is 0.126 e. The summed E-state index contributed by atoms with van der Waals surface area (Å²) in [5.41, 5.74) is 3.93. The Morgan fingerprint density at radius 2 is 1.81 bits per heavy atom. The molecule has 0 radical (unpaired) electrons. The van der Waals surface area contributed by atoms with Crippen molar-refractivity contribution in [1.29, 1.82) is 0 Å². The molecular formula is C26H31N3OS. The number of hydrogen-bond acceptors (Lipinski definition) is 5. The van der Waals surface area contributed by atoms with Crippen LogP contribution >= 0.6 is 11.3 Å². The molecule has 0 bridgehead atoms. The molecular weight excluding hydrogens is 402 g/mol. The fourth-order valence-electron chi connectivity index (χ4n) is 4.72. The van der Waals surface area contributed by atoms with Gasteiger partial charge in [0, 0.05) is 24.9 Å². The van der Waals surface area contributed by atoms with E-state index in [0.717, 1.165) is 24.0 Å². The van der Waals surface area contributed by atoms with Crippen LogP contribution in [0.2, 0.25) is 0 Å². The molecule has 2 fully saturated rings. The van der Waals surface area contributed by atoms with Gasteiger partial charge in [-0.3, -0.25) is 0 Å². The molecule has 4 nitrogen and oxygen atoms in total. The van der Waals surface area contributed by atoms with Crippen LogP contribution in [0.15, 0.2) is 42.7 Å². The van der Waals surface area contributed by atoms with Crippen LogP contribution in [0.1, 0.15) is 66.5 Å².